The van der Waals surface area contributed by atoms with E-state index in [1.54, 1.807) is 24.3 Å². The van der Waals surface area contributed by atoms with Gasteiger partial charge in [0.2, 0.25) is 0 Å². The fraction of sp³-hybridized carbons (Fsp3) is 0.0714. The van der Waals surface area contributed by atoms with Crippen molar-refractivity contribution in [3.63, 3.8) is 0 Å². The molecule has 0 saturated carbocycles. The summed E-state index contributed by atoms with van der Waals surface area (Å²) in [7, 11) is 0. The van der Waals surface area contributed by atoms with Crippen molar-refractivity contribution in [2.45, 2.75) is 6.61 Å². The molecular weight excluding hydrogens is 296 g/mol. The maximum atomic E-state index is 11.0. The predicted molar refractivity (Wildman–Crippen MR) is 71.9 cm³/mol. The van der Waals surface area contributed by atoms with Crippen LogP contribution in [0.2, 0.25) is 0 Å². The Morgan fingerprint density at radius 2 is 1.78 bits per heavy atom. The summed E-state index contributed by atoms with van der Waals surface area (Å²) >= 11 is 3.38. The molecule has 0 unspecified atom stereocenters. The van der Waals surface area contributed by atoms with E-state index < -0.39 is 5.97 Å². The van der Waals surface area contributed by atoms with Gasteiger partial charge in [-0.05, 0) is 34.1 Å². The molecule has 1 N–H and O–H groups in total. The number of carboxylic acid groups (broad SMARTS) is 1. The van der Waals surface area contributed by atoms with E-state index in [2.05, 4.69) is 15.9 Å². The fourth-order valence-corrected chi connectivity index (χ4v) is 1.97. The summed E-state index contributed by atoms with van der Waals surface area (Å²) in [6, 6.07) is 14.3. The highest BCUT2D eigenvalue weighted by molar-refractivity contribution is 9.10. The molecule has 0 bridgehead atoms. The van der Waals surface area contributed by atoms with Crippen LogP contribution in [0.15, 0.2) is 53.0 Å². The van der Waals surface area contributed by atoms with E-state index in [4.69, 9.17) is 9.84 Å². The van der Waals surface area contributed by atoms with Crippen LogP contribution in [0.4, 0.5) is 0 Å². The van der Waals surface area contributed by atoms with E-state index in [9.17, 15) is 4.79 Å². The number of hydrogen-bond donors (Lipinski definition) is 1. The van der Waals surface area contributed by atoms with Crippen LogP contribution in [0, 0.1) is 0 Å². The molecule has 0 aromatic heterocycles. The van der Waals surface area contributed by atoms with Gasteiger partial charge in [0, 0.05) is 5.56 Å². The topological polar surface area (TPSA) is 46.5 Å². The van der Waals surface area contributed by atoms with Crippen molar-refractivity contribution < 1.29 is 14.6 Å². The summed E-state index contributed by atoms with van der Waals surface area (Å²) in [5, 5.41) is 9.05. The number of rotatable bonds is 4. The average Bonchev–Trinajstić information content (AvgIpc) is 2.38. The molecule has 2 aromatic rings. The second-order valence-electron chi connectivity index (χ2n) is 3.68. The van der Waals surface area contributed by atoms with Gasteiger partial charge in [-0.25, -0.2) is 4.79 Å². The first-order valence-corrected chi connectivity index (χ1v) is 6.16. The molecule has 0 fully saturated rings. The van der Waals surface area contributed by atoms with Crippen molar-refractivity contribution >= 4 is 21.9 Å². The minimum absolute atomic E-state index is 0.227. The van der Waals surface area contributed by atoms with E-state index in [1.807, 2.05) is 24.3 Å². The van der Waals surface area contributed by atoms with Crippen LogP contribution in [0.25, 0.3) is 0 Å². The first-order valence-electron chi connectivity index (χ1n) is 5.37. The Labute approximate surface area is 113 Å². The summed E-state index contributed by atoms with van der Waals surface area (Å²) in [4.78, 5) is 11.0. The van der Waals surface area contributed by atoms with Gasteiger partial charge in [0.15, 0.2) is 0 Å². The maximum Gasteiger partial charge on any atom is 0.336 e. The second-order valence-corrected chi connectivity index (χ2v) is 4.54. The lowest BCUT2D eigenvalue weighted by Gasteiger charge is -2.09. The summed E-state index contributed by atoms with van der Waals surface area (Å²) < 4.78 is 6.45. The smallest absolute Gasteiger partial charge is 0.336 e. The summed E-state index contributed by atoms with van der Waals surface area (Å²) in [5.74, 6) is -0.251. The molecule has 92 valence electrons. The predicted octanol–water partition coefficient (Wildman–Crippen LogP) is 3.73. The van der Waals surface area contributed by atoms with Gasteiger partial charge in [0.25, 0.3) is 0 Å². The standard InChI is InChI=1S/C14H11BrO3/c15-12-7-3-4-8-13(12)18-9-10-5-1-2-6-11(10)14(16)17/h1-8H,9H2,(H,16,17). The average molecular weight is 307 g/mol. The molecule has 0 aliphatic rings. The summed E-state index contributed by atoms with van der Waals surface area (Å²) in [6.45, 7) is 0.227. The van der Waals surface area contributed by atoms with Gasteiger partial charge in [-0.2, -0.15) is 0 Å². The van der Waals surface area contributed by atoms with Crippen molar-refractivity contribution in [3.8, 4) is 5.75 Å². The number of carboxylic acids is 1. The van der Waals surface area contributed by atoms with Crippen LogP contribution in [-0.4, -0.2) is 11.1 Å². The molecule has 0 radical (unpaired) electrons. The van der Waals surface area contributed by atoms with Gasteiger partial charge in [-0.15, -0.1) is 0 Å². The maximum absolute atomic E-state index is 11.0. The number of aromatic carboxylic acids is 1. The Balaban J connectivity index is 2.16. The van der Waals surface area contributed by atoms with Gasteiger partial charge in [-0.3, -0.25) is 0 Å². The van der Waals surface area contributed by atoms with Gasteiger partial charge < -0.3 is 9.84 Å². The molecule has 0 amide bonds. The monoisotopic (exact) mass is 306 g/mol. The van der Waals surface area contributed by atoms with E-state index in [1.165, 1.54) is 0 Å². The Hall–Kier alpha value is -1.81. The third-order valence-electron chi connectivity index (χ3n) is 2.47. The third-order valence-corrected chi connectivity index (χ3v) is 3.12. The summed E-state index contributed by atoms with van der Waals surface area (Å²) in [6.07, 6.45) is 0. The van der Waals surface area contributed by atoms with Crippen LogP contribution in [0.5, 0.6) is 5.75 Å². The zero-order valence-electron chi connectivity index (χ0n) is 9.47. The molecule has 0 aliphatic heterocycles. The van der Waals surface area contributed by atoms with E-state index in [-0.39, 0.29) is 12.2 Å². The van der Waals surface area contributed by atoms with Gasteiger partial charge in [0.1, 0.15) is 12.4 Å². The molecule has 4 heteroatoms. The van der Waals surface area contributed by atoms with Crippen molar-refractivity contribution in [1.82, 2.24) is 0 Å². The van der Waals surface area contributed by atoms with Crippen LogP contribution in [0.1, 0.15) is 15.9 Å². The van der Waals surface area contributed by atoms with Gasteiger partial charge in [0.05, 0.1) is 10.0 Å². The number of carbonyl (C=O) groups is 1. The third kappa shape index (κ3) is 2.90. The van der Waals surface area contributed by atoms with Crippen LogP contribution in [-0.2, 0) is 6.61 Å². The van der Waals surface area contributed by atoms with E-state index in [0.29, 0.717) is 11.3 Å². The van der Waals surface area contributed by atoms with Crippen LogP contribution < -0.4 is 4.74 Å². The van der Waals surface area contributed by atoms with Crippen LogP contribution in [0.3, 0.4) is 0 Å². The lowest BCUT2D eigenvalue weighted by atomic mass is 10.1. The Kier molecular flexibility index (Phi) is 3.99. The Morgan fingerprint density at radius 1 is 1.11 bits per heavy atom. The lowest BCUT2D eigenvalue weighted by molar-refractivity contribution is 0.0694. The zero-order valence-corrected chi connectivity index (χ0v) is 11.1. The Bertz CT molecular complexity index is 566. The zero-order chi connectivity index (χ0) is 13.0. The summed E-state index contributed by atoms with van der Waals surface area (Å²) in [5.41, 5.74) is 0.922. The van der Waals surface area contributed by atoms with Gasteiger partial charge >= 0.3 is 5.97 Å². The molecule has 0 saturated heterocycles. The van der Waals surface area contributed by atoms with E-state index in [0.717, 1.165) is 4.47 Å². The highest BCUT2D eigenvalue weighted by Crippen LogP contribution is 2.25. The van der Waals surface area contributed by atoms with Crippen molar-refractivity contribution in [2.24, 2.45) is 0 Å². The molecule has 0 spiro atoms. The molecular formula is C14H11BrO3. The molecule has 0 aliphatic carbocycles. The number of halogens is 1. The van der Waals surface area contributed by atoms with Crippen LogP contribution >= 0.6 is 15.9 Å². The highest BCUT2D eigenvalue weighted by atomic mass is 79.9. The number of benzene rings is 2. The van der Waals surface area contributed by atoms with Gasteiger partial charge in [-0.1, -0.05) is 30.3 Å². The molecule has 0 atom stereocenters. The second kappa shape index (κ2) is 5.69. The first-order chi connectivity index (χ1) is 8.68. The molecule has 0 heterocycles. The molecule has 3 nitrogen and oxygen atoms in total. The fourth-order valence-electron chi connectivity index (χ4n) is 1.57. The minimum Gasteiger partial charge on any atom is -0.488 e. The molecule has 2 rings (SSSR count). The van der Waals surface area contributed by atoms with Crippen molar-refractivity contribution in [2.75, 3.05) is 0 Å². The lowest BCUT2D eigenvalue weighted by Crippen LogP contribution is -2.05. The number of para-hydroxylation sites is 1. The SMILES string of the molecule is O=C(O)c1ccccc1COc1ccccc1Br. The molecule has 2 aromatic carbocycles. The van der Waals surface area contributed by atoms with Crippen molar-refractivity contribution in [1.29, 1.82) is 0 Å². The highest BCUT2D eigenvalue weighted by Gasteiger charge is 2.09. The van der Waals surface area contributed by atoms with E-state index >= 15 is 0 Å². The quantitative estimate of drug-likeness (QED) is 0.936. The largest absolute Gasteiger partial charge is 0.488 e. The molecule has 18 heavy (non-hydrogen) atoms. The Morgan fingerprint density at radius 3 is 2.50 bits per heavy atom. The normalized spacial score (nSPS) is 10.1. The van der Waals surface area contributed by atoms with Crippen molar-refractivity contribution in [3.05, 3.63) is 64.1 Å². The number of ether oxygens (including phenoxy) is 1. The minimum atomic E-state index is -0.943. The first kappa shape index (κ1) is 12.6. The number of hydrogen-bond acceptors (Lipinski definition) is 2.